The van der Waals surface area contributed by atoms with Gasteiger partial charge in [0.2, 0.25) is 0 Å². The molecular weight excluding hydrogens is 384 g/mol. The van der Waals surface area contributed by atoms with Crippen molar-refractivity contribution in [3.8, 4) is 5.75 Å². The van der Waals surface area contributed by atoms with Gasteiger partial charge in [-0.1, -0.05) is 12.1 Å². The molecule has 1 aromatic rings. The van der Waals surface area contributed by atoms with Gasteiger partial charge in [-0.15, -0.1) is 0 Å². The molecule has 6 nitrogen and oxygen atoms in total. The number of allylic oxidation sites excluding steroid dienone is 2. The quantitative estimate of drug-likeness (QED) is 0.311. The Bertz CT molecular complexity index is 766. The molecule has 30 heavy (non-hydrogen) atoms. The summed E-state index contributed by atoms with van der Waals surface area (Å²) >= 11 is 0. The summed E-state index contributed by atoms with van der Waals surface area (Å²) in [7, 11) is 3.29. The fourth-order valence-electron chi connectivity index (χ4n) is 4.37. The van der Waals surface area contributed by atoms with E-state index in [0.717, 1.165) is 25.0 Å². The Balaban J connectivity index is 1.68. The molecular formula is C24H32O6. The molecule has 0 spiro atoms. The lowest BCUT2D eigenvalue weighted by Crippen LogP contribution is -2.34. The fourth-order valence-corrected chi connectivity index (χ4v) is 4.37. The highest BCUT2D eigenvalue weighted by molar-refractivity contribution is 6.13. The van der Waals surface area contributed by atoms with Crippen molar-refractivity contribution in [3.05, 3.63) is 35.4 Å². The third-order valence-electron chi connectivity index (χ3n) is 6.17. The molecule has 0 amide bonds. The lowest BCUT2D eigenvalue weighted by Gasteiger charge is -2.26. The standard InChI is InChI=1S/C24H32O6/c1-27-14-15-30-17-29-13-12-24(22(25)8-9-23(24)26)11-10-18-4-3-5-19-16-20(28-2)6-7-21(18)19/h6-7,10,16H,3-5,8-9,11-15,17H2,1-2H3. The van der Waals surface area contributed by atoms with Gasteiger partial charge >= 0.3 is 0 Å². The minimum absolute atomic E-state index is 0.0408. The lowest BCUT2D eigenvalue weighted by atomic mass is 9.76. The first-order chi connectivity index (χ1) is 14.6. The van der Waals surface area contributed by atoms with Crippen LogP contribution in [0.25, 0.3) is 5.57 Å². The number of benzene rings is 1. The van der Waals surface area contributed by atoms with Crippen LogP contribution in [0.1, 0.15) is 49.7 Å². The Morgan fingerprint density at radius 3 is 2.47 bits per heavy atom. The summed E-state index contributed by atoms with van der Waals surface area (Å²) in [5.41, 5.74) is 2.73. The Labute approximate surface area is 178 Å². The molecule has 0 radical (unpaired) electrons. The maximum Gasteiger partial charge on any atom is 0.147 e. The molecule has 0 aromatic heterocycles. The van der Waals surface area contributed by atoms with Gasteiger partial charge in [-0.2, -0.15) is 0 Å². The second kappa shape index (κ2) is 10.8. The number of fused-ring (bicyclic) bond motifs is 1. The van der Waals surface area contributed by atoms with Gasteiger partial charge in [-0.25, -0.2) is 0 Å². The van der Waals surface area contributed by atoms with Crippen molar-refractivity contribution in [2.75, 3.05) is 40.8 Å². The van der Waals surface area contributed by atoms with Crippen molar-refractivity contribution in [1.29, 1.82) is 0 Å². The van der Waals surface area contributed by atoms with E-state index < -0.39 is 5.41 Å². The molecule has 3 rings (SSSR count). The van der Waals surface area contributed by atoms with Crippen LogP contribution in [0.3, 0.4) is 0 Å². The first-order valence-corrected chi connectivity index (χ1v) is 10.7. The molecule has 0 bridgehead atoms. The van der Waals surface area contributed by atoms with Crippen LogP contribution < -0.4 is 4.74 Å². The van der Waals surface area contributed by atoms with E-state index in [-0.39, 0.29) is 18.4 Å². The average molecular weight is 417 g/mol. The molecule has 1 aromatic carbocycles. The summed E-state index contributed by atoms with van der Waals surface area (Å²) in [6.45, 7) is 1.42. The van der Waals surface area contributed by atoms with Gasteiger partial charge in [0.25, 0.3) is 0 Å². The van der Waals surface area contributed by atoms with Crippen LogP contribution in [0.15, 0.2) is 24.3 Å². The van der Waals surface area contributed by atoms with E-state index in [0.29, 0.717) is 45.5 Å². The van der Waals surface area contributed by atoms with Crippen LogP contribution in [-0.2, 0) is 30.2 Å². The molecule has 1 saturated carbocycles. The second-order valence-electron chi connectivity index (χ2n) is 7.92. The van der Waals surface area contributed by atoms with Crippen molar-refractivity contribution in [2.24, 2.45) is 5.41 Å². The van der Waals surface area contributed by atoms with Gasteiger partial charge in [-0.05, 0) is 60.9 Å². The van der Waals surface area contributed by atoms with E-state index in [1.54, 1.807) is 14.2 Å². The molecule has 0 N–H and O–H groups in total. The van der Waals surface area contributed by atoms with E-state index in [1.165, 1.54) is 16.7 Å². The molecule has 0 aliphatic heterocycles. The van der Waals surface area contributed by atoms with Gasteiger partial charge < -0.3 is 18.9 Å². The van der Waals surface area contributed by atoms with Crippen molar-refractivity contribution in [2.45, 2.75) is 44.9 Å². The Hall–Kier alpha value is -2.02. The second-order valence-corrected chi connectivity index (χ2v) is 7.92. The highest BCUT2D eigenvalue weighted by Gasteiger charge is 2.48. The number of Topliss-reactive ketones (excluding diaryl/α,β-unsaturated/α-hetero) is 2. The van der Waals surface area contributed by atoms with Crippen LogP contribution in [0.5, 0.6) is 5.75 Å². The zero-order valence-corrected chi connectivity index (χ0v) is 18.0. The maximum atomic E-state index is 12.7. The number of methoxy groups -OCH3 is 2. The van der Waals surface area contributed by atoms with E-state index in [2.05, 4.69) is 18.2 Å². The number of hydrogen-bond donors (Lipinski definition) is 0. The van der Waals surface area contributed by atoms with Crippen LogP contribution in [0.4, 0.5) is 0 Å². The van der Waals surface area contributed by atoms with E-state index in [4.69, 9.17) is 18.9 Å². The molecule has 2 aliphatic rings. The predicted molar refractivity (Wildman–Crippen MR) is 113 cm³/mol. The molecule has 0 heterocycles. The van der Waals surface area contributed by atoms with Crippen molar-refractivity contribution in [3.63, 3.8) is 0 Å². The van der Waals surface area contributed by atoms with E-state index >= 15 is 0 Å². The van der Waals surface area contributed by atoms with Crippen molar-refractivity contribution < 1.29 is 28.5 Å². The van der Waals surface area contributed by atoms with Crippen molar-refractivity contribution in [1.82, 2.24) is 0 Å². The number of rotatable bonds is 11. The number of hydrogen-bond acceptors (Lipinski definition) is 6. The molecule has 0 atom stereocenters. The maximum absolute atomic E-state index is 12.7. The molecule has 1 fully saturated rings. The Morgan fingerprint density at radius 2 is 1.73 bits per heavy atom. The zero-order chi connectivity index (χ0) is 21.4. The van der Waals surface area contributed by atoms with Gasteiger partial charge in [0.05, 0.1) is 32.3 Å². The smallest absolute Gasteiger partial charge is 0.147 e. The Morgan fingerprint density at radius 1 is 0.967 bits per heavy atom. The number of carbonyl (C=O) groups excluding carboxylic acids is 2. The first kappa shape index (κ1) is 22.7. The van der Waals surface area contributed by atoms with Gasteiger partial charge in [-0.3, -0.25) is 9.59 Å². The summed E-state index contributed by atoms with van der Waals surface area (Å²) < 4.78 is 21.1. The summed E-state index contributed by atoms with van der Waals surface area (Å²) in [5.74, 6) is 0.940. The largest absolute Gasteiger partial charge is 0.497 e. The summed E-state index contributed by atoms with van der Waals surface area (Å²) in [5, 5.41) is 0. The fraction of sp³-hybridized carbons (Fsp3) is 0.583. The number of aryl methyl sites for hydroxylation is 1. The summed E-state index contributed by atoms with van der Waals surface area (Å²) in [6.07, 6.45) is 6.66. The first-order valence-electron chi connectivity index (χ1n) is 10.7. The van der Waals surface area contributed by atoms with Crippen LogP contribution in [-0.4, -0.2) is 52.4 Å². The predicted octanol–water partition coefficient (Wildman–Crippen LogP) is 3.75. The Kier molecular flexibility index (Phi) is 8.19. The normalized spacial score (nSPS) is 19.3. The third kappa shape index (κ3) is 5.17. The van der Waals surface area contributed by atoms with Gasteiger partial charge in [0, 0.05) is 20.0 Å². The van der Waals surface area contributed by atoms with Crippen LogP contribution >= 0.6 is 0 Å². The summed E-state index contributed by atoms with van der Waals surface area (Å²) in [4.78, 5) is 25.5. The molecule has 6 heteroatoms. The monoisotopic (exact) mass is 416 g/mol. The van der Waals surface area contributed by atoms with E-state index in [1.807, 2.05) is 6.07 Å². The van der Waals surface area contributed by atoms with Gasteiger partial charge in [0.15, 0.2) is 0 Å². The highest BCUT2D eigenvalue weighted by atomic mass is 16.7. The lowest BCUT2D eigenvalue weighted by molar-refractivity contribution is -0.137. The van der Waals surface area contributed by atoms with Crippen LogP contribution in [0.2, 0.25) is 0 Å². The third-order valence-corrected chi connectivity index (χ3v) is 6.17. The highest BCUT2D eigenvalue weighted by Crippen LogP contribution is 2.41. The minimum atomic E-state index is -0.955. The van der Waals surface area contributed by atoms with Crippen LogP contribution in [0, 0.1) is 5.41 Å². The number of ketones is 2. The minimum Gasteiger partial charge on any atom is -0.497 e. The number of ether oxygens (including phenoxy) is 4. The average Bonchev–Trinajstić information content (AvgIpc) is 3.05. The van der Waals surface area contributed by atoms with E-state index in [9.17, 15) is 9.59 Å². The topological polar surface area (TPSA) is 71.1 Å². The van der Waals surface area contributed by atoms with Crippen molar-refractivity contribution >= 4 is 17.1 Å². The molecule has 164 valence electrons. The number of carbonyl (C=O) groups is 2. The van der Waals surface area contributed by atoms with Gasteiger partial charge in [0.1, 0.15) is 24.1 Å². The SMILES string of the molecule is COCCOCOCCC1(CC=C2CCCc3cc(OC)ccc32)C(=O)CCC1=O. The zero-order valence-electron chi connectivity index (χ0n) is 18.0. The summed E-state index contributed by atoms with van der Waals surface area (Å²) in [6, 6.07) is 6.14. The molecule has 0 unspecified atom stereocenters. The molecule has 2 aliphatic carbocycles. The molecule has 0 saturated heterocycles.